The summed E-state index contributed by atoms with van der Waals surface area (Å²) in [6.45, 7) is 4.07. The highest BCUT2D eigenvalue weighted by molar-refractivity contribution is 6.34. The Labute approximate surface area is 172 Å². The molecule has 2 heterocycles. The van der Waals surface area contributed by atoms with Crippen LogP contribution in [0.15, 0.2) is 28.8 Å². The number of halogens is 2. The number of aromatic nitrogens is 1. The molecule has 1 aromatic carbocycles. The molecule has 0 unspecified atom stereocenters. The van der Waals surface area contributed by atoms with Gasteiger partial charge in [-0.25, -0.2) is 0 Å². The van der Waals surface area contributed by atoms with E-state index in [1.165, 1.54) is 0 Å². The number of piperazine rings is 1. The highest BCUT2D eigenvalue weighted by atomic mass is 35.5. The summed E-state index contributed by atoms with van der Waals surface area (Å²) < 4.78 is 10.4. The van der Waals surface area contributed by atoms with Crippen molar-refractivity contribution >= 4 is 40.8 Å². The van der Waals surface area contributed by atoms with Gasteiger partial charge < -0.3 is 19.5 Å². The number of amides is 2. The van der Waals surface area contributed by atoms with E-state index in [0.29, 0.717) is 53.6 Å². The maximum absolute atomic E-state index is 12.3. The summed E-state index contributed by atoms with van der Waals surface area (Å²) in [6, 6.07) is 6.50. The maximum atomic E-state index is 12.3. The van der Waals surface area contributed by atoms with Gasteiger partial charge in [-0.1, -0.05) is 28.4 Å². The van der Waals surface area contributed by atoms with Crippen molar-refractivity contribution in [3.8, 4) is 5.75 Å². The van der Waals surface area contributed by atoms with E-state index in [4.69, 9.17) is 32.5 Å². The van der Waals surface area contributed by atoms with Crippen molar-refractivity contribution in [2.24, 2.45) is 0 Å². The molecule has 0 radical (unpaired) electrons. The minimum atomic E-state index is -0.174. The molecule has 0 aliphatic carbocycles. The molecule has 1 aromatic heterocycles. The third-order valence-corrected chi connectivity index (χ3v) is 4.78. The molecule has 0 saturated carbocycles. The highest BCUT2D eigenvalue weighted by Gasteiger charge is 2.23. The van der Waals surface area contributed by atoms with Crippen LogP contribution in [0.3, 0.4) is 0 Å². The second-order valence-electron chi connectivity index (χ2n) is 6.39. The zero-order chi connectivity index (χ0) is 20.1. The number of hydrogen-bond acceptors (Lipinski definition) is 6. The van der Waals surface area contributed by atoms with Gasteiger partial charge in [-0.3, -0.25) is 14.5 Å². The lowest BCUT2D eigenvalue weighted by molar-refractivity contribution is -0.135. The number of nitrogens with zero attached hydrogens (tertiary/aromatic N) is 3. The van der Waals surface area contributed by atoms with Crippen LogP contribution in [0.25, 0.3) is 0 Å². The van der Waals surface area contributed by atoms with E-state index in [2.05, 4.69) is 10.5 Å². The van der Waals surface area contributed by atoms with Crippen LogP contribution in [0.2, 0.25) is 10.0 Å². The van der Waals surface area contributed by atoms with Crippen LogP contribution < -0.4 is 10.1 Å². The number of ether oxygens (including phenoxy) is 1. The van der Waals surface area contributed by atoms with E-state index in [1.54, 1.807) is 36.1 Å². The number of nitrogens with one attached hydrogen (secondary N) is 1. The van der Waals surface area contributed by atoms with Gasteiger partial charge in [0.1, 0.15) is 11.5 Å². The van der Waals surface area contributed by atoms with Crippen LogP contribution in [0, 0.1) is 6.92 Å². The van der Waals surface area contributed by atoms with Crippen LogP contribution in [0.4, 0.5) is 5.82 Å². The fourth-order valence-corrected chi connectivity index (χ4v) is 3.12. The van der Waals surface area contributed by atoms with Gasteiger partial charge in [0.25, 0.3) is 5.91 Å². The molecule has 0 atom stereocenters. The summed E-state index contributed by atoms with van der Waals surface area (Å²) in [7, 11) is 0. The Balaban J connectivity index is 1.41. The minimum absolute atomic E-state index is 0.119. The Bertz CT molecular complexity index is 850. The van der Waals surface area contributed by atoms with Crippen molar-refractivity contribution in [2.75, 3.05) is 44.6 Å². The predicted molar refractivity (Wildman–Crippen MR) is 105 cm³/mol. The van der Waals surface area contributed by atoms with Gasteiger partial charge in [-0.2, -0.15) is 0 Å². The highest BCUT2D eigenvalue weighted by Crippen LogP contribution is 2.27. The van der Waals surface area contributed by atoms with Crippen LogP contribution in [-0.2, 0) is 9.59 Å². The van der Waals surface area contributed by atoms with Gasteiger partial charge in [-0.15, -0.1) is 0 Å². The molecule has 10 heteroatoms. The van der Waals surface area contributed by atoms with Gasteiger partial charge in [0.15, 0.2) is 12.4 Å². The summed E-state index contributed by atoms with van der Waals surface area (Å²) >= 11 is 11.9. The third kappa shape index (κ3) is 5.60. The topological polar surface area (TPSA) is 87.9 Å². The molecule has 0 spiro atoms. The van der Waals surface area contributed by atoms with Gasteiger partial charge in [0.2, 0.25) is 5.91 Å². The molecule has 0 bridgehead atoms. The molecule has 2 amide bonds. The molecule has 2 aromatic rings. The van der Waals surface area contributed by atoms with Gasteiger partial charge in [0, 0.05) is 43.3 Å². The Kier molecular flexibility index (Phi) is 6.77. The molecule has 1 saturated heterocycles. The first-order valence-electron chi connectivity index (χ1n) is 8.72. The quantitative estimate of drug-likeness (QED) is 0.762. The zero-order valence-electron chi connectivity index (χ0n) is 15.3. The molecule has 3 rings (SSSR count). The van der Waals surface area contributed by atoms with Crippen molar-refractivity contribution in [3.63, 3.8) is 0 Å². The van der Waals surface area contributed by atoms with Crippen LogP contribution in [-0.4, -0.2) is 66.1 Å². The summed E-state index contributed by atoms with van der Waals surface area (Å²) in [5, 5.41) is 7.30. The molecule has 150 valence electrons. The van der Waals surface area contributed by atoms with E-state index in [1.807, 2.05) is 4.90 Å². The summed E-state index contributed by atoms with van der Waals surface area (Å²) in [4.78, 5) is 28.1. The predicted octanol–water partition coefficient (Wildman–Crippen LogP) is 2.45. The van der Waals surface area contributed by atoms with Crippen molar-refractivity contribution in [1.82, 2.24) is 15.0 Å². The standard InChI is InChI=1S/C18H20Cl2N4O4/c1-12-8-16(22-28-12)21-17(25)10-23-4-6-24(7-5-23)18(26)11-27-15-9-13(19)2-3-14(15)20/h2-3,8-9H,4-7,10-11H2,1H3,(H,21,22,25). The number of carbonyl (C=O) groups excluding carboxylic acids is 2. The van der Waals surface area contributed by atoms with Gasteiger partial charge in [0.05, 0.1) is 11.6 Å². The second kappa shape index (κ2) is 9.27. The molecular weight excluding hydrogens is 407 g/mol. The van der Waals surface area contributed by atoms with Crippen LogP contribution >= 0.6 is 23.2 Å². The lowest BCUT2D eigenvalue weighted by Crippen LogP contribution is -2.51. The van der Waals surface area contributed by atoms with Gasteiger partial charge in [-0.05, 0) is 19.1 Å². The Morgan fingerprint density at radius 2 is 1.96 bits per heavy atom. The van der Waals surface area contributed by atoms with Crippen molar-refractivity contribution < 1.29 is 18.8 Å². The van der Waals surface area contributed by atoms with Gasteiger partial charge >= 0.3 is 0 Å². The summed E-state index contributed by atoms with van der Waals surface area (Å²) in [5.41, 5.74) is 0. The lowest BCUT2D eigenvalue weighted by atomic mass is 10.3. The van der Waals surface area contributed by atoms with Crippen molar-refractivity contribution in [3.05, 3.63) is 40.1 Å². The molecule has 1 N–H and O–H groups in total. The minimum Gasteiger partial charge on any atom is -0.482 e. The fourth-order valence-electron chi connectivity index (χ4n) is 2.78. The van der Waals surface area contributed by atoms with E-state index >= 15 is 0 Å². The number of aryl methyl sites for hydroxylation is 1. The SMILES string of the molecule is Cc1cc(NC(=O)CN2CCN(C(=O)COc3cc(Cl)ccc3Cl)CC2)no1. The van der Waals surface area contributed by atoms with Crippen molar-refractivity contribution in [2.45, 2.75) is 6.92 Å². The number of carbonyl (C=O) groups is 2. The monoisotopic (exact) mass is 426 g/mol. The maximum Gasteiger partial charge on any atom is 0.260 e. The van der Waals surface area contributed by atoms with E-state index in [9.17, 15) is 9.59 Å². The number of benzene rings is 1. The first kappa shape index (κ1) is 20.4. The summed E-state index contributed by atoms with van der Waals surface area (Å²) in [5.74, 6) is 1.09. The normalized spacial score (nSPS) is 14.8. The largest absolute Gasteiger partial charge is 0.482 e. The zero-order valence-corrected chi connectivity index (χ0v) is 16.8. The van der Waals surface area contributed by atoms with E-state index in [0.717, 1.165) is 0 Å². The molecular formula is C18H20Cl2N4O4. The Morgan fingerprint density at radius 1 is 1.21 bits per heavy atom. The van der Waals surface area contributed by atoms with Crippen LogP contribution in [0.1, 0.15) is 5.76 Å². The summed E-state index contributed by atoms with van der Waals surface area (Å²) in [6.07, 6.45) is 0. The van der Waals surface area contributed by atoms with Crippen LogP contribution in [0.5, 0.6) is 5.75 Å². The third-order valence-electron chi connectivity index (χ3n) is 4.23. The fraction of sp³-hybridized carbons (Fsp3) is 0.389. The molecule has 8 nitrogen and oxygen atoms in total. The first-order chi connectivity index (χ1) is 13.4. The van der Waals surface area contributed by atoms with E-state index < -0.39 is 0 Å². The number of hydrogen-bond donors (Lipinski definition) is 1. The number of rotatable bonds is 6. The molecule has 1 aliphatic heterocycles. The molecule has 1 fully saturated rings. The average molecular weight is 427 g/mol. The lowest BCUT2D eigenvalue weighted by Gasteiger charge is -2.34. The second-order valence-corrected chi connectivity index (χ2v) is 7.23. The smallest absolute Gasteiger partial charge is 0.260 e. The molecule has 28 heavy (non-hydrogen) atoms. The molecule has 1 aliphatic rings. The Morgan fingerprint density at radius 3 is 2.64 bits per heavy atom. The number of anilines is 1. The average Bonchev–Trinajstić information content (AvgIpc) is 3.07. The first-order valence-corrected chi connectivity index (χ1v) is 9.47. The van der Waals surface area contributed by atoms with E-state index in [-0.39, 0.29) is 25.0 Å². The Hall–Kier alpha value is -2.29. The van der Waals surface area contributed by atoms with Crippen molar-refractivity contribution in [1.29, 1.82) is 0 Å².